The van der Waals surface area contributed by atoms with Crippen LogP contribution in [-0.4, -0.2) is 17.7 Å². The third-order valence-electron chi connectivity index (χ3n) is 4.64. The Labute approximate surface area is 156 Å². The molecule has 0 radical (unpaired) electrons. The molecule has 27 heavy (non-hydrogen) atoms. The number of anilines is 1. The minimum Gasteiger partial charge on any atom is -0.454 e. The van der Waals surface area contributed by atoms with Crippen molar-refractivity contribution in [3.8, 4) is 17.6 Å². The van der Waals surface area contributed by atoms with Gasteiger partial charge in [0.2, 0.25) is 12.7 Å². The number of amides is 1. The van der Waals surface area contributed by atoms with E-state index in [-0.39, 0.29) is 12.7 Å². The summed E-state index contributed by atoms with van der Waals surface area (Å²) in [5.41, 5.74) is 3.36. The lowest BCUT2D eigenvalue weighted by Gasteiger charge is -2.06. The maximum Gasteiger partial charge on any atom is 0.231 e. The lowest BCUT2D eigenvalue weighted by molar-refractivity contribution is -0.116. The molecule has 4 rings (SSSR count). The zero-order chi connectivity index (χ0) is 18.6. The van der Waals surface area contributed by atoms with Crippen molar-refractivity contribution >= 4 is 22.5 Å². The van der Waals surface area contributed by atoms with Crippen LogP contribution in [0.3, 0.4) is 0 Å². The Balaban J connectivity index is 1.25. The van der Waals surface area contributed by atoms with Gasteiger partial charge in [-0.3, -0.25) is 4.79 Å². The van der Waals surface area contributed by atoms with E-state index in [2.05, 4.69) is 16.4 Å². The minimum absolute atomic E-state index is 0.00732. The van der Waals surface area contributed by atoms with Gasteiger partial charge in [0.25, 0.3) is 0 Å². The predicted molar refractivity (Wildman–Crippen MR) is 102 cm³/mol. The number of H-pyrrole nitrogens is 1. The second-order valence-electron chi connectivity index (χ2n) is 6.52. The van der Waals surface area contributed by atoms with Gasteiger partial charge >= 0.3 is 0 Å². The van der Waals surface area contributed by atoms with E-state index in [1.165, 1.54) is 5.56 Å². The van der Waals surface area contributed by atoms with Gasteiger partial charge in [-0.1, -0.05) is 6.07 Å². The quantitative estimate of drug-likeness (QED) is 0.647. The molecule has 1 aromatic heterocycles. The molecule has 0 spiro atoms. The van der Waals surface area contributed by atoms with Gasteiger partial charge < -0.3 is 19.8 Å². The summed E-state index contributed by atoms with van der Waals surface area (Å²) in [5.74, 6) is 1.58. The molecular weight excluding hydrogens is 342 g/mol. The summed E-state index contributed by atoms with van der Waals surface area (Å²) in [7, 11) is 0. The summed E-state index contributed by atoms with van der Waals surface area (Å²) < 4.78 is 10.7. The van der Waals surface area contributed by atoms with Crippen molar-refractivity contribution in [1.29, 1.82) is 5.26 Å². The van der Waals surface area contributed by atoms with Crippen molar-refractivity contribution < 1.29 is 14.3 Å². The van der Waals surface area contributed by atoms with Gasteiger partial charge in [-0.05, 0) is 55.2 Å². The smallest absolute Gasteiger partial charge is 0.231 e. The summed E-state index contributed by atoms with van der Waals surface area (Å²) in [6.45, 7) is 0.283. The van der Waals surface area contributed by atoms with Crippen LogP contribution in [0, 0.1) is 11.3 Å². The van der Waals surface area contributed by atoms with Gasteiger partial charge in [-0.2, -0.15) is 5.26 Å². The molecule has 0 atom stereocenters. The SMILES string of the molecule is N#Cc1c[nH]c2cc(NC(=O)CCCCc3ccc4c(c3)OCO4)ccc12. The van der Waals surface area contributed by atoms with Gasteiger partial charge in [-0.15, -0.1) is 0 Å². The minimum atomic E-state index is -0.00732. The largest absolute Gasteiger partial charge is 0.454 e. The van der Waals surface area contributed by atoms with E-state index in [9.17, 15) is 4.79 Å². The number of aromatic nitrogens is 1. The number of aryl methyl sites for hydroxylation is 1. The Morgan fingerprint density at radius 1 is 1.15 bits per heavy atom. The summed E-state index contributed by atoms with van der Waals surface area (Å²) in [5, 5.41) is 12.8. The molecule has 0 fully saturated rings. The molecule has 0 aliphatic carbocycles. The lowest BCUT2D eigenvalue weighted by Crippen LogP contribution is -2.11. The average molecular weight is 361 g/mol. The van der Waals surface area contributed by atoms with Crippen molar-refractivity contribution in [2.75, 3.05) is 12.1 Å². The normalized spacial score (nSPS) is 12.1. The molecule has 1 aliphatic heterocycles. The van der Waals surface area contributed by atoms with E-state index in [0.29, 0.717) is 12.0 Å². The Bertz CT molecular complexity index is 1030. The fourth-order valence-corrected chi connectivity index (χ4v) is 3.23. The first kappa shape index (κ1) is 17.0. The monoisotopic (exact) mass is 361 g/mol. The molecule has 0 saturated heterocycles. The molecular formula is C21H19N3O3. The second kappa shape index (κ2) is 7.42. The molecule has 3 aromatic rings. The number of rotatable bonds is 6. The van der Waals surface area contributed by atoms with Crippen LogP contribution in [0.2, 0.25) is 0 Å². The third-order valence-corrected chi connectivity index (χ3v) is 4.64. The van der Waals surface area contributed by atoms with Crippen molar-refractivity contribution in [1.82, 2.24) is 4.98 Å². The molecule has 136 valence electrons. The van der Waals surface area contributed by atoms with Crippen molar-refractivity contribution in [2.45, 2.75) is 25.7 Å². The molecule has 2 aromatic carbocycles. The molecule has 2 N–H and O–H groups in total. The van der Waals surface area contributed by atoms with Crippen LogP contribution in [0.15, 0.2) is 42.6 Å². The molecule has 1 amide bonds. The standard InChI is InChI=1S/C21H19N3O3/c22-11-15-12-23-18-10-16(6-7-17(15)18)24-21(25)4-2-1-3-14-5-8-19-20(9-14)27-13-26-19/h5-10,12,23H,1-4,13H2,(H,24,25). The fraction of sp³-hybridized carbons (Fsp3) is 0.238. The molecule has 6 heteroatoms. The van der Waals surface area contributed by atoms with Gasteiger partial charge in [0.1, 0.15) is 6.07 Å². The van der Waals surface area contributed by atoms with Crippen LogP contribution in [0.1, 0.15) is 30.4 Å². The first-order valence-electron chi connectivity index (χ1n) is 8.92. The van der Waals surface area contributed by atoms with Crippen molar-refractivity contribution in [3.63, 3.8) is 0 Å². The first-order valence-corrected chi connectivity index (χ1v) is 8.92. The maximum atomic E-state index is 12.2. The summed E-state index contributed by atoms with van der Waals surface area (Å²) in [4.78, 5) is 15.2. The van der Waals surface area contributed by atoms with E-state index in [1.807, 2.05) is 36.4 Å². The number of nitrogens with zero attached hydrogens (tertiary/aromatic N) is 1. The predicted octanol–water partition coefficient (Wildman–Crippen LogP) is 4.12. The number of hydrogen-bond acceptors (Lipinski definition) is 4. The van der Waals surface area contributed by atoms with Crippen LogP contribution >= 0.6 is 0 Å². The highest BCUT2D eigenvalue weighted by molar-refractivity contribution is 5.94. The lowest BCUT2D eigenvalue weighted by atomic mass is 10.1. The molecule has 2 heterocycles. The number of nitrogens with one attached hydrogen (secondary N) is 2. The number of carbonyl (C=O) groups excluding carboxylic acids is 1. The number of ether oxygens (including phenoxy) is 2. The Morgan fingerprint density at radius 2 is 2.04 bits per heavy atom. The number of hydrogen-bond donors (Lipinski definition) is 2. The summed E-state index contributed by atoms with van der Waals surface area (Å²) in [6, 6.07) is 13.6. The maximum absolute atomic E-state index is 12.2. The van der Waals surface area contributed by atoms with E-state index in [4.69, 9.17) is 14.7 Å². The highest BCUT2D eigenvalue weighted by Gasteiger charge is 2.13. The zero-order valence-corrected chi connectivity index (χ0v) is 14.7. The number of nitriles is 1. The van der Waals surface area contributed by atoms with E-state index < -0.39 is 0 Å². The summed E-state index contributed by atoms with van der Waals surface area (Å²) in [6.07, 6.45) is 4.77. The van der Waals surface area contributed by atoms with Crippen LogP contribution in [-0.2, 0) is 11.2 Å². The number of carbonyl (C=O) groups is 1. The molecule has 6 nitrogen and oxygen atoms in total. The summed E-state index contributed by atoms with van der Waals surface area (Å²) >= 11 is 0. The van der Waals surface area contributed by atoms with Gasteiger partial charge in [0.15, 0.2) is 11.5 Å². The highest BCUT2D eigenvalue weighted by Crippen LogP contribution is 2.32. The van der Waals surface area contributed by atoms with Crippen molar-refractivity contribution in [3.05, 3.63) is 53.7 Å². The van der Waals surface area contributed by atoms with E-state index >= 15 is 0 Å². The zero-order valence-electron chi connectivity index (χ0n) is 14.7. The first-order chi connectivity index (χ1) is 13.2. The van der Waals surface area contributed by atoms with Crippen LogP contribution in [0.4, 0.5) is 5.69 Å². The topological polar surface area (TPSA) is 87.1 Å². The van der Waals surface area contributed by atoms with E-state index in [1.54, 1.807) is 6.20 Å². The molecule has 0 bridgehead atoms. The van der Waals surface area contributed by atoms with E-state index in [0.717, 1.165) is 47.4 Å². The number of unbranched alkanes of at least 4 members (excludes halogenated alkanes) is 1. The Kier molecular flexibility index (Phi) is 4.67. The van der Waals surface area contributed by atoms with Crippen LogP contribution < -0.4 is 14.8 Å². The van der Waals surface area contributed by atoms with Gasteiger partial charge in [0, 0.05) is 29.2 Å². The average Bonchev–Trinajstić information content (AvgIpc) is 3.30. The van der Waals surface area contributed by atoms with Gasteiger partial charge in [0.05, 0.1) is 5.56 Å². The molecule has 0 saturated carbocycles. The Hall–Kier alpha value is -3.46. The van der Waals surface area contributed by atoms with Crippen molar-refractivity contribution in [2.24, 2.45) is 0 Å². The van der Waals surface area contributed by atoms with Gasteiger partial charge in [-0.25, -0.2) is 0 Å². The third kappa shape index (κ3) is 3.72. The second-order valence-corrected chi connectivity index (χ2v) is 6.52. The highest BCUT2D eigenvalue weighted by atomic mass is 16.7. The number of aromatic amines is 1. The number of fused-ring (bicyclic) bond motifs is 2. The number of benzene rings is 2. The fourth-order valence-electron chi connectivity index (χ4n) is 3.23. The molecule has 1 aliphatic rings. The van der Waals surface area contributed by atoms with Crippen LogP contribution in [0.5, 0.6) is 11.5 Å². The van der Waals surface area contributed by atoms with Crippen LogP contribution in [0.25, 0.3) is 10.9 Å². The Morgan fingerprint density at radius 3 is 2.93 bits per heavy atom. The molecule has 0 unspecified atom stereocenters.